The van der Waals surface area contributed by atoms with Crippen LogP contribution in [0, 0.1) is 5.82 Å². The molecule has 0 aliphatic carbocycles. The van der Waals surface area contributed by atoms with E-state index in [0.29, 0.717) is 12.1 Å². The number of hydrogen-bond donors (Lipinski definition) is 1. The average Bonchev–Trinajstić information content (AvgIpc) is 2.34. The molecule has 2 nitrogen and oxygen atoms in total. The number of rotatable bonds is 3. The molecule has 1 aliphatic rings. The van der Waals surface area contributed by atoms with Gasteiger partial charge >= 0.3 is 0 Å². The van der Waals surface area contributed by atoms with Crippen LogP contribution in [0.15, 0.2) is 18.2 Å². The van der Waals surface area contributed by atoms with Crippen molar-refractivity contribution in [2.24, 2.45) is 0 Å². The van der Waals surface area contributed by atoms with Gasteiger partial charge in [-0.25, -0.2) is 4.39 Å². The fourth-order valence-electron chi connectivity index (χ4n) is 2.38. The van der Waals surface area contributed by atoms with E-state index in [2.05, 4.69) is 24.1 Å². The van der Waals surface area contributed by atoms with Crippen molar-refractivity contribution < 1.29 is 4.39 Å². The number of piperidine rings is 1. The van der Waals surface area contributed by atoms with Crippen LogP contribution in [-0.2, 0) is 0 Å². The Bertz CT molecular complexity index is 401. The summed E-state index contributed by atoms with van der Waals surface area (Å²) in [7, 11) is 0. The molecule has 1 fully saturated rings. The molecule has 4 heteroatoms. The fraction of sp³-hybridized carbons (Fsp3) is 0.571. The monoisotopic (exact) mass is 270 g/mol. The zero-order chi connectivity index (χ0) is 13.1. The van der Waals surface area contributed by atoms with Gasteiger partial charge in [0, 0.05) is 30.9 Å². The van der Waals surface area contributed by atoms with Crippen LogP contribution in [0.25, 0.3) is 0 Å². The molecule has 1 aromatic carbocycles. The highest BCUT2D eigenvalue weighted by Crippen LogP contribution is 2.22. The van der Waals surface area contributed by atoms with Crippen molar-refractivity contribution >= 4 is 17.3 Å². The molecular formula is C14H20ClFN2. The fourth-order valence-corrected chi connectivity index (χ4v) is 2.50. The quantitative estimate of drug-likeness (QED) is 0.900. The predicted octanol–water partition coefficient (Wildman–Crippen LogP) is 3.76. The number of benzene rings is 1. The Balaban J connectivity index is 1.89. The highest BCUT2D eigenvalue weighted by atomic mass is 35.5. The number of hydrogen-bond acceptors (Lipinski definition) is 2. The molecule has 0 saturated carbocycles. The Labute approximate surface area is 113 Å². The summed E-state index contributed by atoms with van der Waals surface area (Å²) in [6.07, 6.45) is 2.20. The normalized spacial score (nSPS) is 18.3. The molecule has 1 saturated heterocycles. The van der Waals surface area contributed by atoms with Gasteiger partial charge in [0.1, 0.15) is 5.82 Å². The minimum Gasteiger partial charge on any atom is -0.382 e. The second kappa shape index (κ2) is 5.89. The first kappa shape index (κ1) is 13.6. The lowest BCUT2D eigenvalue weighted by Crippen LogP contribution is -2.42. The third-order valence-corrected chi connectivity index (χ3v) is 3.86. The van der Waals surface area contributed by atoms with Gasteiger partial charge in [0.2, 0.25) is 0 Å². The lowest BCUT2D eigenvalue weighted by molar-refractivity contribution is 0.177. The van der Waals surface area contributed by atoms with Crippen LogP contribution < -0.4 is 5.32 Å². The lowest BCUT2D eigenvalue weighted by atomic mass is 10.0. The minimum absolute atomic E-state index is 0.176. The largest absolute Gasteiger partial charge is 0.382 e. The molecular weight excluding hydrogens is 251 g/mol. The first-order valence-electron chi connectivity index (χ1n) is 6.52. The van der Waals surface area contributed by atoms with Gasteiger partial charge in [0.05, 0.1) is 5.02 Å². The van der Waals surface area contributed by atoms with Crippen molar-refractivity contribution in [1.29, 1.82) is 0 Å². The zero-order valence-corrected chi connectivity index (χ0v) is 11.7. The van der Waals surface area contributed by atoms with E-state index < -0.39 is 0 Å². The van der Waals surface area contributed by atoms with Crippen LogP contribution >= 0.6 is 11.6 Å². The van der Waals surface area contributed by atoms with Crippen molar-refractivity contribution in [3.05, 3.63) is 29.0 Å². The van der Waals surface area contributed by atoms with Gasteiger partial charge in [-0.2, -0.15) is 0 Å². The van der Waals surface area contributed by atoms with Gasteiger partial charge in [-0.3, -0.25) is 0 Å². The highest BCUT2D eigenvalue weighted by Gasteiger charge is 2.20. The van der Waals surface area contributed by atoms with Gasteiger partial charge in [0.25, 0.3) is 0 Å². The molecule has 0 aromatic heterocycles. The van der Waals surface area contributed by atoms with Gasteiger partial charge < -0.3 is 10.2 Å². The number of halogens is 2. The number of likely N-dealkylation sites (tertiary alicyclic amines) is 1. The van der Waals surface area contributed by atoms with Crippen LogP contribution in [0.5, 0.6) is 0 Å². The van der Waals surface area contributed by atoms with E-state index in [0.717, 1.165) is 31.6 Å². The van der Waals surface area contributed by atoms with Gasteiger partial charge in [0.15, 0.2) is 0 Å². The maximum atomic E-state index is 13.3. The van der Waals surface area contributed by atoms with E-state index in [1.807, 2.05) is 6.07 Å². The van der Waals surface area contributed by atoms with Crippen molar-refractivity contribution in [2.45, 2.75) is 38.8 Å². The molecule has 1 aromatic rings. The third-order valence-electron chi connectivity index (χ3n) is 3.55. The summed E-state index contributed by atoms with van der Waals surface area (Å²) in [5.74, 6) is -0.360. The van der Waals surface area contributed by atoms with Crippen LogP contribution in [0.3, 0.4) is 0 Å². The SMILES string of the molecule is CC(C)N1CCC(Nc2ccc(Cl)c(F)c2)CC1. The molecule has 1 N–H and O–H groups in total. The Morgan fingerprint density at radius 2 is 2.00 bits per heavy atom. The van der Waals surface area contributed by atoms with Crippen molar-refractivity contribution in [3.63, 3.8) is 0 Å². The molecule has 2 rings (SSSR count). The van der Waals surface area contributed by atoms with Crippen molar-refractivity contribution in [2.75, 3.05) is 18.4 Å². The molecule has 1 aliphatic heterocycles. The maximum Gasteiger partial charge on any atom is 0.143 e. The van der Waals surface area contributed by atoms with E-state index in [1.54, 1.807) is 6.07 Å². The molecule has 0 atom stereocenters. The topological polar surface area (TPSA) is 15.3 Å². The number of nitrogens with zero attached hydrogens (tertiary/aromatic N) is 1. The third kappa shape index (κ3) is 3.36. The Morgan fingerprint density at radius 1 is 1.33 bits per heavy atom. The summed E-state index contributed by atoms with van der Waals surface area (Å²) in [4.78, 5) is 2.47. The van der Waals surface area contributed by atoms with Crippen molar-refractivity contribution in [1.82, 2.24) is 4.90 Å². The van der Waals surface area contributed by atoms with E-state index in [1.165, 1.54) is 6.07 Å². The molecule has 0 amide bonds. The molecule has 0 spiro atoms. The molecule has 0 radical (unpaired) electrons. The van der Waals surface area contributed by atoms with Crippen LogP contribution in [-0.4, -0.2) is 30.1 Å². The van der Waals surface area contributed by atoms with Gasteiger partial charge in [-0.05, 0) is 44.9 Å². The zero-order valence-electron chi connectivity index (χ0n) is 10.9. The van der Waals surface area contributed by atoms with E-state index in [9.17, 15) is 4.39 Å². The molecule has 1 heterocycles. The average molecular weight is 271 g/mol. The maximum absolute atomic E-state index is 13.3. The van der Waals surface area contributed by atoms with E-state index >= 15 is 0 Å². The molecule has 0 unspecified atom stereocenters. The predicted molar refractivity (Wildman–Crippen MR) is 74.8 cm³/mol. The Hall–Kier alpha value is -0.800. The summed E-state index contributed by atoms with van der Waals surface area (Å²) in [5.41, 5.74) is 0.819. The van der Waals surface area contributed by atoms with Crippen LogP contribution in [0.4, 0.5) is 10.1 Å². The second-order valence-electron chi connectivity index (χ2n) is 5.18. The standard InChI is InChI=1S/C14H20ClFN2/c1-10(2)18-7-5-11(6-8-18)17-12-3-4-13(15)14(16)9-12/h3-4,9-11,17H,5-8H2,1-2H3. The lowest BCUT2D eigenvalue weighted by Gasteiger charge is -2.35. The smallest absolute Gasteiger partial charge is 0.143 e. The minimum atomic E-state index is -0.360. The summed E-state index contributed by atoms with van der Waals surface area (Å²) in [5, 5.41) is 3.56. The second-order valence-corrected chi connectivity index (χ2v) is 5.58. The van der Waals surface area contributed by atoms with Crippen LogP contribution in [0.1, 0.15) is 26.7 Å². The first-order chi connectivity index (χ1) is 8.56. The summed E-state index contributed by atoms with van der Waals surface area (Å²) >= 11 is 5.67. The summed E-state index contributed by atoms with van der Waals surface area (Å²) in [6.45, 7) is 6.65. The number of nitrogens with one attached hydrogen (secondary N) is 1. The van der Waals surface area contributed by atoms with Crippen molar-refractivity contribution in [3.8, 4) is 0 Å². The first-order valence-corrected chi connectivity index (χ1v) is 6.89. The number of anilines is 1. The molecule has 0 bridgehead atoms. The van der Waals surface area contributed by atoms with Gasteiger partial charge in [-0.15, -0.1) is 0 Å². The summed E-state index contributed by atoms with van der Waals surface area (Å²) < 4.78 is 13.3. The van der Waals surface area contributed by atoms with E-state index in [4.69, 9.17) is 11.6 Å². The Kier molecular flexibility index (Phi) is 4.46. The van der Waals surface area contributed by atoms with Crippen LogP contribution in [0.2, 0.25) is 5.02 Å². The molecule has 18 heavy (non-hydrogen) atoms. The summed E-state index contributed by atoms with van der Waals surface area (Å²) in [6, 6.07) is 5.94. The molecule has 100 valence electrons. The van der Waals surface area contributed by atoms with E-state index in [-0.39, 0.29) is 10.8 Å². The van der Waals surface area contributed by atoms with Gasteiger partial charge in [-0.1, -0.05) is 11.6 Å². The Morgan fingerprint density at radius 3 is 2.56 bits per heavy atom. The highest BCUT2D eigenvalue weighted by molar-refractivity contribution is 6.30.